The van der Waals surface area contributed by atoms with Crippen LogP contribution in [0.15, 0.2) is 133 Å². The summed E-state index contributed by atoms with van der Waals surface area (Å²) in [6.07, 6.45) is 6.68. The first-order valence-corrected chi connectivity index (χ1v) is 17.3. The van der Waals surface area contributed by atoms with Crippen LogP contribution in [-0.4, -0.2) is 0 Å². The first-order chi connectivity index (χ1) is 23.2. The Hall–Kier alpha value is -5.08. The lowest BCUT2D eigenvalue weighted by Gasteiger charge is -2.34. The van der Waals surface area contributed by atoms with Crippen molar-refractivity contribution in [3.05, 3.63) is 150 Å². The smallest absolute Gasteiger partial charge is 0.151 e. The Morgan fingerprint density at radius 3 is 1.23 bits per heavy atom. The lowest BCUT2D eigenvalue weighted by atomic mass is 9.85. The molecule has 0 unspecified atom stereocenters. The van der Waals surface area contributed by atoms with E-state index >= 15 is 0 Å². The van der Waals surface area contributed by atoms with Gasteiger partial charge in [0.1, 0.15) is 0 Å². The third kappa shape index (κ3) is 6.21. The van der Waals surface area contributed by atoms with Gasteiger partial charge < -0.3 is 9.64 Å². The quantitative estimate of drug-likeness (QED) is 0.152. The van der Waals surface area contributed by atoms with Gasteiger partial charge in [0.25, 0.3) is 0 Å². The van der Waals surface area contributed by atoms with E-state index in [4.69, 9.17) is 4.74 Å². The highest BCUT2D eigenvalue weighted by Gasteiger charge is 2.27. The zero-order chi connectivity index (χ0) is 32.2. The Labute approximate surface area is 280 Å². The number of hydrogen-bond acceptors (Lipinski definition) is 2. The van der Waals surface area contributed by atoms with Crippen molar-refractivity contribution >= 4 is 17.1 Å². The summed E-state index contributed by atoms with van der Waals surface area (Å²) < 4.78 is 6.41. The van der Waals surface area contributed by atoms with E-state index in [-0.39, 0.29) is 0 Å². The minimum Gasteiger partial charge on any atom is -0.453 e. The predicted octanol–water partition coefficient (Wildman–Crippen LogP) is 13.1. The fourth-order valence-electron chi connectivity index (χ4n) is 6.91. The molecule has 6 aromatic carbocycles. The summed E-state index contributed by atoms with van der Waals surface area (Å²) in [7, 11) is 0. The number of fused-ring (bicyclic) bond motifs is 2. The number of rotatable bonds is 10. The van der Waals surface area contributed by atoms with Gasteiger partial charge in [-0.1, -0.05) is 137 Å². The zero-order valence-corrected chi connectivity index (χ0v) is 27.8. The highest BCUT2D eigenvalue weighted by atomic mass is 16.5. The van der Waals surface area contributed by atoms with Gasteiger partial charge in [-0.15, -0.1) is 0 Å². The third-order valence-electron chi connectivity index (χ3n) is 9.20. The second kappa shape index (κ2) is 13.7. The van der Waals surface area contributed by atoms with E-state index in [2.05, 4.69) is 147 Å². The topological polar surface area (TPSA) is 12.5 Å². The molecule has 1 aliphatic rings. The van der Waals surface area contributed by atoms with Gasteiger partial charge in [-0.05, 0) is 106 Å². The number of nitrogens with zero attached hydrogens (tertiary/aromatic N) is 1. The Kier molecular flexibility index (Phi) is 8.93. The Bertz CT molecular complexity index is 1850. The van der Waals surface area contributed by atoms with E-state index in [0.717, 1.165) is 67.1 Å². The molecule has 47 heavy (non-hydrogen) atoms. The van der Waals surface area contributed by atoms with E-state index in [1.165, 1.54) is 50.1 Å². The van der Waals surface area contributed by atoms with Gasteiger partial charge in [-0.2, -0.15) is 0 Å². The Balaban J connectivity index is 1.52. The van der Waals surface area contributed by atoms with E-state index in [1.807, 2.05) is 12.1 Å². The molecule has 2 heteroatoms. The number of para-hydroxylation sites is 4. The molecule has 0 spiro atoms. The molecule has 0 amide bonds. The molecule has 6 aromatic rings. The molecule has 7 rings (SSSR count). The number of aryl methyl sites for hydroxylation is 3. The average Bonchev–Trinajstić information content (AvgIpc) is 3.11. The Morgan fingerprint density at radius 2 is 0.830 bits per heavy atom. The van der Waals surface area contributed by atoms with Gasteiger partial charge in [0.05, 0.1) is 11.4 Å². The molecule has 0 bridgehead atoms. The van der Waals surface area contributed by atoms with Crippen molar-refractivity contribution in [1.29, 1.82) is 0 Å². The summed E-state index contributed by atoms with van der Waals surface area (Å²) in [4.78, 5) is 2.37. The fraction of sp³-hybridized carbons (Fsp3) is 0.200. The molecule has 1 aliphatic heterocycles. The minimum atomic E-state index is 0.859. The lowest BCUT2D eigenvalue weighted by Crippen LogP contribution is -2.16. The van der Waals surface area contributed by atoms with Gasteiger partial charge in [-0.3, -0.25) is 0 Å². The van der Waals surface area contributed by atoms with Crippen LogP contribution in [0.2, 0.25) is 0 Å². The number of hydrogen-bond donors (Lipinski definition) is 0. The Morgan fingerprint density at radius 1 is 0.447 bits per heavy atom. The van der Waals surface area contributed by atoms with Crippen molar-refractivity contribution in [3.8, 4) is 44.9 Å². The van der Waals surface area contributed by atoms with Crippen molar-refractivity contribution in [2.75, 3.05) is 4.90 Å². The SMILES string of the molecule is CCCc1ccc(-c2cc(N3c4ccccc4Oc4ccccc43)cc(-c3ccc(CCC)cc3)c2-c2ccc(CCC)cc2)cc1. The van der Waals surface area contributed by atoms with Crippen LogP contribution in [0.4, 0.5) is 17.1 Å². The van der Waals surface area contributed by atoms with Crippen LogP contribution >= 0.6 is 0 Å². The molecule has 2 nitrogen and oxygen atoms in total. The molecule has 0 fully saturated rings. The van der Waals surface area contributed by atoms with Crippen LogP contribution in [0.5, 0.6) is 11.5 Å². The van der Waals surface area contributed by atoms with Crippen molar-refractivity contribution in [3.63, 3.8) is 0 Å². The maximum absolute atomic E-state index is 6.41. The second-order valence-electron chi connectivity index (χ2n) is 12.6. The van der Waals surface area contributed by atoms with Gasteiger partial charge in [0.15, 0.2) is 11.5 Å². The summed E-state index contributed by atoms with van der Waals surface area (Å²) in [6, 6.07) is 49.2. The molecule has 0 radical (unpaired) electrons. The fourth-order valence-corrected chi connectivity index (χ4v) is 6.91. The summed E-state index contributed by atoms with van der Waals surface area (Å²) in [5, 5.41) is 0. The highest BCUT2D eigenvalue weighted by Crippen LogP contribution is 2.52. The second-order valence-corrected chi connectivity index (χ2v) is 12.6. The van der Waals surface area contributed by atoms with Gasteiger partial charge in [-0.25, -0.2) is 0 Å². The van der Waals surface area contributed by atoms with Gasteiger partial charge >= 0.3 is 0 Å². The maximum atomic E-state index is 6.41. The molecule has 0 saturated heterocycles. The lowest BCUT2D eigenvalue weighted by molar-refractivity contribution is 0.477. The van der Waals surface area contributed by atoms with Crippen molar-refractivity contribution in [2.24, 2.45) is 0 Å². The number of benzene rings is 6. The predicted molar refractivity (Wildman–Crippen MR) is 199 cm³/mol. The third-order valence-corrected chi connectivity index (χ3v) is 9.20. The van der Waals surface area contributed by atoms with E-state index in [1.54, 1.807) is 0 Å². The highest BCUT2D eigenvalue weighted by molar-refractivity contribution is 5.99. The monoisotopic (exact) mass is 613 g/mol. The van der Waals surface area contributed by atoms with Crippen LogP contribution in [-0.2, 0) is 19.3 Å². The first-order valence-electron chi connectivity index (χ1n) is 17.3. The molecule has 234 valence electrons. The standard InChI is InChI=1S/C45H43NO/c1-4-11-32-18-24-35(25-19-32)39-30-38(46-41-14-7-9-16-43(41)47-44-17-10-8-15-42(44)46)31-40(36-26-20-33(12-5-2)21-27-36)45(39)37-28-22-34(13-6-3)23-29-37/h7-10,14-31H,4-6,11-13H2,1-3H3. The van der Waals surface area contributed by atoms with E-state index < -0.39 is 0 Å². The molecule has 0 N–H and O–H groups in total. The maximum Gasteiger partial charge on any atom is 0.151 e. The summed E-state index contributed by atoms with van der Waals surface area (Å²) in [6.45, 7) is 6.73. The average molecular weight is 614 g/mol. The largest absolute Gasteiger partial charge is 0.453 e. The van der Waals surface area contributed by atoms with Gasteiger partial charge in [0.2, 0.25) is 0 Å². The number of ether oxygens (including phenoxy) is 1. The molecular formula is C45H43NO. The van der Waals surface area contributed by atoms with Crippen LogP contribution in [0.1, 0.15) is 56.7 Å². The number of anilines is 3. The van der Waals surface area contributed by atoms with Gasteiger partial charge in [0, 0.05) is 5.69 Å². The molecule has 1 heterocycles. The molecule has 0 aliphatic carbocycles. The molecule has 0 aromatic heterocycles. The van der Waals surface area contributed by atoms with E-state index in [9.17, 15) is 0 Å². The molecule has 0 atom stereocenters. The summed E-state index contributed by atoms with van der Waals surface area (Å²) >= 11 is 0. The van der Waals surface area contributed by atoms with Crippen LogP contribution in [0.25, 0.3) is 33.4 Å². The van der Waals surface area contributed by atoms with E-state index in [0.29, 0.717) is 0 Å². The summed E-state index contributed by atoms with van der Waals surface area (Å²) in [5.74, 6) is 1.72. The minimum absolute atomic E-state index is 0.859. The van der Waals surface area contributed by atoms with Crippen LogP contribution < -0.4 is 9.64 Å². The molecule has 0 saturated carbocycles. The van der Waals surface area contributed by atoms with Crippen molar-refractivity contribution in [1.82, 2.24) is 0 Å². The van der Waals surface area contributed by atoms with Crippen LogP contribution in [0.3, 0.4) is 0 Å². The normalized spacial score (nSPS) is 11.9. The van der Waals surface area contributed by atoms with Crippen molar-refractivity contribution in [2.45, 2.75) is 59.3 Å². The first kappa shape index (κ1) is 30.6. The van der Waals surface area contributed by atoms with Crippen molar-refractivity contribution < 1.29 is 4.74 Å². The summed E-state index contributed by atoms with van der Waals surface area (Å²) in [5.41, 5.74) is 14.7. The van der Waals surface area contributed by atoms with Crippen LogP contribution in [0, 0.1) is 0 Å². The molecular weight excluding hydrogens is 571 g/mol. The zero-order valence-electron chi connectivity index (χ0n) is 27.8.